The summed E-state index contributed by atoms with van der Waals surface area (Å²) in [6, 6.07) is 12.2. The molecule has 0 aliphatic carbocycles. The lowest BCUT2D eigenvalue weighted by molar-refractivity contribution is 0.0248. The van der Waals surface area contributed by atoms with Gasteiger partial charge in [0.05, 0.1) is 19.1 Å². The van der Waals surface area contributed by atoms with Crippen molar-refractivity contribution in [2.24, 2.45) is 0 Å². The number of ketones is 1. The Morgan fingerprint density at radius 1 is 1.03 bits per heavy atom. The fourth-order valence-corrected chi connectivity index (χ4v) is 4.44. The van der Waals surface area contributed by atoms with E-state index in [9.17, 15) is 18.0 Å². The smallest absolute Gasteiger partial charge is 0.410 e. The zero-order chi connectivity index (χ0) is 27.6. The normalized spacial score (nSPS) is 11.6. The fourth-order valence-electron chi connectivity index (χ4n) is 3.65. The summed E-state index contributed by atoms with van der Waals surface area (Å²) in [4.78, 5) is 27.1. The van der Waals surface area contributed by atoms with Crippen molar-refractivity contribution in [1.82, 2.24) is 4.90 Å². The number of nitrogens with zero attached hydrogens (tertiary/aromatic N) is 1. The van der Waals surface area contributed by atoms with E-state index in [2.05, 4.69) is 4.72 Å². The molecule has 10 heteroatoms. The Kier molecular flexibility index (Phi) is 11.3. The number of hydrogen-bond donors (Lipinski definition) is 1. The van der Waals surface area contributed by atoms with Crippen molar-refractivity contribution >= 4 is 39.2 Å². The van der Waals surface area contributed by atoms with Gasteiger partial charge in [0.15, 0.2) is 5.78 Å². The Bertz CT molecular complexity index is 1180. The van der Waals surface area contributed by atoms with Gasteiger partial charge >= 0.3 is 6.09 Å². The first kappa shape index (κ1) is 30.4. The van der Waals surface area contributed by atoms with Gasteiger partial charge in [-0.25, -0.2) is 13.2 Å². The third-order valence-electron chi connectivity index (χ3n) is 5.41. The van der Waals surface area contributed by atoms with Crippen LogP contribution in [0.1, 0.15) is 62.4 Å². The number of carbonyl (C=O) groups excluding carboxylic acids is 2. The van der Waals surface area contributed by atoms with E-state index in [0.29, 0.717) is 55.1 Å². The molecule has 0 radical (unpaired) electrons. The summed E-state index contributed by atoms with van der Waals surface area (Å²) >= 11 is 6.27. The zero-order valence-corrected chi connectivity index (χ0v) is 23.7. The minimum atomic E-state index is -3.52. The molecule has 0 aliphatic heterocycles. The Balaban J connectivity index is 1.92. The highest BCUT2D eigenvalue weighted by Gasteiger charge is 2.22. The number of nitrogens with one attached hydrogen (secondary N) is 1. The third-order valence-corrected chi connectivity index (χ3v) is 6.37. The highest BCUT2D eigenvalue weighted by Crippen LogP contribution is 2.27. The van der Waals surface area contributed by atoms with E-state index in [1.54, 1.807) is 17.0 Å². The molecule has 2 aromatic carbocycles. The van der Waals surface area contributed by atoms with E-state index in [1.807, 2.05) is 45.0 Å². The van der Waals surface area contributed by atoms with Gasteiger partial charge in [0.2, 0.25) is 10.0 Å². The number of ether oxygens (including phenoxy) is 2. The van der Waals surface area contributed by atoms with Gasteiger partial charge in [-0.15, -0.1) is 0 Å². The van der Waals surface area contributed by atoms with Crippen LogP contribution < -0.4 is 9.46 Å². The molecule has 0 saturated carbocycles. The predicted octanol–water partition coefficient (Wildman–Crippen LogP) is 5.94. The number of methoxy groups -OCH3 is 1. The number of halogens is 1. The number of hydrogen-bond acceptors (Lipinski definition) is 6. The molecule has 2 rings (SSSR count). The van der Waals surface area contributed by atoms with Crippen LogP contribution in [0, 0.1) is 0 Å². The zero-order valence-electron chi connectivity index (χ0n) is 22.2. The highest BCUT2D eigenvalue weighted by atomic mass is 35.5. The lowest BCUT2D eigenvalue weighted by atomic mass is 10.0. The van der Waals surface area contributed by atoms with Crippen LogP contribution in [0.15, 0.2) is 42.5 Å². The number of carbonyl (C=O) groups is 2. The Hall–Kier alpha value is -2.78. The SMILES string of the molecule is COc1ccc(C(=O)CCCCCN(CCc2ccccc2Cl)C(=O)OC(C)(C)C)cc1NS(C)(=O)=O. The lowest BCUT2D eigenvalue weighted by Gasteiger charge is -2.27. The number of rotatable bonds is 13. The van der Waals surface area contributed by atoms with E-state index in [1.165, 1.54) is 13.2 Å². The van der Waals surface area contributed by atoms with Crippen molar-refractivity contribution in [2.45, 2.75) is 58.5 Å². The quantitative estimate of drug-likeness (QED) is 0.243. The third kappa shape index (κ3) is 11.0. The summed E-state index contributed by atoms with van der Waals surface area (Å²) in [6.45, 7) is 6.47. The van der Waals surface area contributed by atoms with E-state index in [-0.39, 0.29) is 17.6 Å². The Morgan fingerprint density at radius 2 is 1.73 bits per heavy atom. The molecule has 0 atom stereocenters. The monoisotopic (exact) mass is 552 g/mol. The van der Waals surface area contributed by atoms with Crippen LogP contribution in [0.3, 0.4) is 0 Å². The lowest BCUT2D eigenvalue weighted by Crippen LogP contribution is -2.38. The largest absolute Gasteiger partial charge is 0.495 e. The number of Topliss-reactive ketones (excluding diaryl/α,β-unsaturated/α-hetero) is 1. The van der Waals surface area contributed by atoms with Gasteiger partial charge in [-0.1, -0.05) is 36.2 Å². The molecule has 37 heavy (non-hydrogen) atoms. The molecule has 1 N–H and O–H groups in total. The topological polar surface area (TPSA) is 102 Å². The second-order valence-corrected chi connectivity index (χ2v) is 12.0. The molecule has 0 spiro atoms. The van der Waals surface area contributed by atoms with Crippen molar-refractivity contribution in [3.8, 4) is 5.75 Å². The van der Waals surface area contributed by atoms with Crippen molar-refractivity contribution in [1.29, 1.82) is 0 Å². The van der Waals surface area contributed by atoms with Gasteiger partial charge in [-0.3, -0.25) is 9.52 Å². The standard InChI is InChI=1S/C27H37ClN2O6S/c1-27(2,3)36-26(32)30(18-16-20-11-8-9-12-22(20)28)17-10-6-7-13-24(31)21-14-15-25(35-4)23(19-21)29-37(5,33)34/h8-9,11-12,14-15,19,29H,6-7,10,13,16-18H2,1-5H3. The van der Waals surface area contributed by atoms with Crippen LogP contribution in [0.25, 0.3) is 0 Å². The molecular formula is C27H37ClN2O6S. The van der Waals surface area contributed by atoms with Gasteiger partial charge < -0.3 is 14.4 Å². The molecule has 0 heterocycles. The second-order valence-electron chi connectivity index (χ2n) is 9.83. The summed E-state index contributed by atoms with van der Waals surface area (Å²) in [5.74, 6) is 0.239. The van der Waals surface area contributed by atoms with Crippen molar-refractivity contribution in [3.63, 3.8) is 0 Å². The van der Waals surface area contributed by atoms with Gasteiger partial charge in [-0.2, -0.15) is 0 Å². The number of benzene rings is 2. The average Bonchev–Trinajstić information content (AvgIpc) is 2.79. The summed E-state index contributed by atoms with van der Waals surface area (Å²) in [5, 5.41) is 0.665. The maximum atomic E-state index is 12.8. The molecule has 0 aromatic heterocycles. The van der Waals surface area contributed by atoms with E-state index in [4.69, 9.17) is 21.1 Å². The highest BCUT2D eigenvalue weighted by molar-refractivity contribution is 7.92. The van der Waals surface area contributed by atoms with E-state index in [0.717, 1.165) is 18.2 Å². The molecule has 0 aliphatic rings. The summed E-state index contributed by atoms with van der Waals surface area (Å²) < 4.78 is 36.4. The molecule has 2 aromatic rings. The Morgan fingerprint density at radius 3 is 2.35 bits per heavy atom. The fraction of sp³-hybridized carbons (Fsp3) is 0.481. The molecule has 0 unspecified atom stereocenters. The van der Waals surface area contributed by atoms with Crippen molar-refractivity contribution in [2.75, 3.05) is 31.2 Å². The minimum absolute atomic E-state index is 0.0954. The van der Waals surface area contributed by atoms with Crippen LogP contribution in [0.2, 0.25) is 5.02 Å². The molecular weight excluding hydrogens is 516 g/mol. The van der Waals surface area contributed by atoms with E-state index < -0.39 is 15.6 Å². The first-order valence-electron chi connectivity index (χ1n) is 12.2. The van der Waals surface area contributed by atoms with Crippen molar-refractivity contribution < 1.29 is 27.5 Å². The maximum absolute atomic E-state index is 12.8. The van der Waals surface area contributed by atoms with E-state index >= 15 is 0 Å². The van der Waals surface area contributed by atoms with Crippen LogP contribution in [-0.2, 0) is 21.2 Å². The van der Waals surface area contributed by atoms with Crippen LogP contribution in [0.5, 0.6) is 5.75 Å². The molecule has 204 valence electrons. The van der Waals surface area contributed by atoms with Gasteiger partial charge in [0.1, 0.15) is 11.4 Å². The van der Waals surface area contributed by atoms with Gasteiger partial charge in [0.25, 0.3) is 0 Å². The first-order chi connectivity index (χ1) is 17.3. The average molecular weight is 553 g/mol. The first-order valence-corrected chi connectivity index (χ1v) is 14.5. The molecule has 0 bridgehead atoms. The molecule has 1 amide bonds. The Labute approximate surface area is 225 Å². The summed E-state index contributed by atoms with van der Waals surface area (Å²) in [7, 11) is -2.09. The number of sulfonamides is 1. The maximum Gasteiger partial charge on any atom is 0.410 e. The molecule has 0 fully saturated rings. The van der Waals surface area contributed by atoms with Crippen LogP contribution in [0.4, 0.5) is 10.5 Å². The second kappa shape index (κ2) is 13.7. The number of anilines is 1. The summed E-state index contributed by atoms with van der Waals surface area (Å²) in [6.07, 6.45) is 3.65. The minimum Gasteiger partial charge on any atom is -0.495 e. The molecule has 0 saturated heterocycles. The molecule has 8 nitrogen and oxygen atoms in total. The van der Waals surface area contributed by atoms with Crippen LogP contribution >= 0.6 is 11.6 Å². The van der Waals surface area contributed by atoms with Crippen molar-refractivity contribution in [3.05, 3.63) is 58.6 Å². The summed E-state index contributed by atoms with van der Waals surface area (Å²) in [5.41, 5.74) is 0.993. The van der Waals surface area contributed by atoms with Crippen LogP contribution in [-0.4, -0.2) is 57.3 Å². The number of unbranched alkanes of at least 4 members (excludes halogenated alkanes) is 2. The van der Waals surface area contributed by atoms with Gasteiger partial charge in [-0.05, 0) is 69.9 Å². The predicted molar refractivity (Wildman–Crippen MR) is 147 cm³/mol. The number of amides is 1. The van der Waals surface area contributed by atoms with Gasteiger partial charge in [0, 0.05) is 30.1 Å².